The number of esters is 1. The largest absolute Gasteiger partial charge is 0.469 e. The van der Waals surface area contributed by atoms with Crippen molar-refractivity contribution in [1.29, 1.82) is 0 Å². The second kappa shape index (κ2) is 13.7. The average molecular weight is 545 g/mol. The number of thiophene rings is 1. The van der Waals surface area contributed by atoms with Gasteiger partial charge in [-0.2, -0.15) is 0 Å². The Morgan fingerprint density at radius 1 is 1.23 bits per heavy atom. The Balaban J connectivity index is 0.00000320. The molecule has 6 nitrogen and oxygen atoms in total. The number of hydrogen-bond acceptors (Lipinski definition) is 5. The third-order valence-electron chi connectivity index (χ3n) is 5.14. The maximum absolute atomic E-state index is 11.9. The highest BCUT2D eigenvalue weighted by molar-refractivity contribution is 14.0. The first-order valence-electron chi connectivity index (χ1n) is 10.5. The van der Waals surface area contributed by atoms with E-state index in [1.54, 1.807) is 17.6 Å². The predicted octanol–water partition coefficient (Wildman–Crippen LogP) is 4.40. The third-order valence-corrected chi connectivity index (χ3v) is 6.08. The van der Waals surface area contributed by atoms with Gasteiger partial charge in [-0.25, -0.2) is 0 Å². The van der Waals surface area contributed by atoms with Crippen molar-refractivity contribution >= 4 is 47.2 Å². The van der Waals surface area contributed by atoms with Gasteiger partial charge in [0.05, 0.1) is 18.8 Å². The van der Waals surface area contributed by atoms with Crippen LogP contribution in [0.3, 0.4) is 0 Å². The van der Waals surface area contributed by atoms with E-state index in [-0.39, 0.29) is 35.9 Å². The zero-order valence-corrected chi connectivity index (χ0v) is 20.6. The molecule has 0 aliphatic heterocycles. The topological polar surface area (TPSA) is 75.9 Å². The van der Waals surface area contributed by atoms with Crippen LogP contribution in [-0.2, 0) is 22.4 Å². The summed E-state index contributed by atoms with van der Waals surface area (Å²) < 4.78 is 10.6. The summed E-state index contributed by atoms with van der Waals surface area (Å²) in [7, 11) is 0. The molecule has 0 unspecified atom stereocenters. The molecule has 1 aliphatic carbocycles. The number of aliphatic imine (C=N–C) groups is 1. The fourth-order valence-corrected chi connectivity index (χ4v) is 4.27. The zero-order valence-electron chi connectivity index (χ0n) is 17.5. The van der Waals surface area contributed by atoms with Gasteiger partial charge in [0.1, 0.15) is 5.76 Å². The molecule has 0 radical (unpaired) electrons. The number of nitrogens with one attached hydrogen (secondary N) is 2. The summed E-state index contributed by atoms with van der Waals surface area (Å²) >= 11 is 1.77. The SMILES string of the molecule is CCOC(=O)C1CCC(NC(=NCCc2cccs2)NCCc2ccco2)CC1.I. The zero-order chi connectivity index (χ0) is 20.3. The third kappa shape index (κ3) is 8.29. The number of nitrogens with zero attached hydrogens (tertiary/aromatic N) is 1. The van der Waals surface area contributed by atoms with Crippen LogP contribution in [0.5, 0.6) is 0 Å². The van der Waals surface area contributed by atoms with Crippen LogP contribution >= 0.6 is 35.3 Å². The van der Waals surface area contributed by atoms with Gasteiger partial charge >= 0.3 is 5.97 Å². The summed E-state index contributed by atoms with van der Waals surface area (Å²) in [5.74, 6) is 1.80. The van der Waals surface area contributed by atoms with Crippen molar-refractivity contribution in [2.75, 3.05) is 19.7 Å². The average Bonchev–Trinajstić information content (AvgIpc) is 3.43. The van der Waals surface area contributed by atoms with Crippen LogP contribution in [0.1, 0.15) is 43.2 Å². The summed E-state index contributed by atoms with van der Waals surface area (Å²) in [6.07, 6.45) is 7.09. The molecule has 1 aliphatic rings. The Hall–Kier alpha value is -1.55. The van der Waals surface area contributed by atoms with Gasteiger partial charge in [-0.05, 0) is 56.2 Å². The molecule has 166 valence electrons. The maximum Gasteiger partial charge on any atom is 0.308 e. The lowest BCUT2D eigenvalue weighted by molar-refractivity contribution is -0.149. The number of rotatable bonds is 9. The number of carbonyl (C=O) groups is 1. The molecular weight excluding hydrogens is 513 g/mol. The van der Waals surface area contributed by atoms with E-state index in [4.69, 9.17) is 14.1 Å². The van der Waals surface area contributed by atoms with E-state index in [2.05, 4.69) is 28.1 Å². The van der Waals surface area contributed by atoms with Crippen LogP contribution in [0, 0.1) is 5.92 Å². The molecule has 3 rings (SSSR count). The highest BCUT2D eigenvalue weighted by Crippen LogP contribution is 2.25. The van der Waals surface area contributed by atoms with Crippen molar-refractivity contribution in [1.82, 2.24) is 10.6 Å². The van der Waals surface area contributed by atoms with Gasteiger partial charge < -0.3 is 19.8 Å². The monoisotopic (exact) mass is 545 g/mol. The summed E-state index contributed by atoms with van der Waals surface area (Å²) in [4.78, 5) is 18.1. The molecule has 2 heterocycles. The lowest BCUT2D eigenvalue weighted by Crippen LogP contribution is -2.46. The summed E-state index contributed by atoms with van der Waals surface area (Å²) in [5.41, 5.74) is 0. The van der Waals surface area contributed by atoms with E-state index in [9.17, 15) is 4.79 Å². The van der Waals surface area contributed by atoms with Crippen molar-refractivity contribution in [3.8, 4) is 0 Å². The molecule has 0 atom stereocenters. The van der Waals surface area contributed by atoms with Crippen molar-refractivity contribution in [2.24, 2.45) is 10.9 Å². The molecule has 0 amide bonds. The fraction of sp³-hybridized carbons (Fsp3) is 0.545. The first-order valence-corrected chi connectivity index (χ1v) is 11.4. The van der Waals surface area contributed by atoms with Gasteiger partial charge in [0, 0.05) is 36.9 Å². The molecule has 0 saturated heterocycles. The van der Waals surface area contributed by atoms with Crippen molar-refractivity contribution < 1.29 is 13.9 Å². The molecule has 1 saturated carbocycles. The number of hydrogen-bond donors (Lipinski definition) is 2. The van der Waals surface area contributed by atoms with Gasteiger partial charge in [0.2, 0.25) is 0 Å². The lowest BCUT2D eigenvalue weighted by Gasteiger charge is -2.29. The summed E-state index contributed by atoms with van der Waals surface area (Å²) in [6, 6.07) is 8.45. The van der Waals surface area contributed by atoms with E-state index in [0.29, 0.717) is 12.6 Å². The maximum atomic E-state index is 11.9. The lowest BCUT2D eigenvalue weighted by atomic mass is 9.86. The van der Waals surface area contributed by atoms with Gasteiger partial charge in [-0.1, -0.05) is 6.07 Å². The van der Waals surface area contributed by atoms with Crippen molar-refractivity contribution in [2.45, 2.75) is 51.5 Å². The smallest absolute Gasteiger partial charge is 0.308 e. The second-order valence-corrected chi connectivity index (χ2v) is 8.29. The molecule has 0 aromatic carbocycles. The van der Waals surface area contributed by atoms with Crippen LogP contribution in [0.15, 0.2) is 45.3 Å². The minimum absolute atomic E-state index is 0. The minimum Gasteiger partial charge on any atom is -0.469 e. The van der Waals surface area contributed by atoms with Crippen LogP contribution in [-0.4, -0.2) is 37.7 Å². The van der Waals surface area contributed by atoms with E-state index >= 15 is 0 Å². The Labute approximate surface area is 199 Å². The summed E-state index contributed by atoms with van der Waals surface area (Å²) in [6.45, 7) is 3.82. The normalized spacial score (nSPS) is 19.0. The Bertz CT molecular complexity index is 742. The Morgan fingerprint density at radius 2 is 2.07 bits per heavy atom. The molecule has 0 spiro atoms. The van der Waals surface area contributed by atoms with Crippen LogP contribution in [0.25, 0.3) is 0 Å². The molecule has 8 heteroatoms. The van der Waals surface area contributed by atoms with Gasteiger partial charge in [0.25, 0.3) is 0 Å². The second-order valence-electron chi connectivity index (χ2n) is 7.26. The number of furan rings is 1. The molecule has 2 N–H and O–H groups in total. The number of carbonyl (C=O) groups excluding carboxylic acids is 1. The molecule has 30 heavy (non-hydrogen) atoms. The van der Waals surface area contributed by atoms with E-state index in [1.165, 1.54) is 4.88 Å². The van der Waals surface area contributed by atoms with E-state index < -0.39 is 0 Å². The fourth-order valence-electron chi connectivity index (χ4n) is 3.57. The van der Waals surface area contributed by atoms with Gasteiger partial charge in [-0.3, -0.25) is 9.79 Å². The first-order chi connectivity index (χ1) is 14.2. The molecular formula is C22H32IN3O3S. The predicted molar refractivity (Wildman–Crippen MR) is 132 cm³/mol. The molecule has 2 aromatic rings. The quantitative estimate of drug-likeness (QED) is 0.212. The number of guanidine groups is 1. The van der Waals surface area contributed by atoms with E-state index in [1.807, 2.05) is 19.1 Å². The Morgan fingerprint density at radius 3 is 2.73 bits per heavy atom. The van der Waals surface area contributed by atoms with Gasteiger partial charge in [0.15, 0.2) is 5.96 Å². The highest BCUT2D eigenvalue weighted by atomic mass is 127. The van der Waals surface area contributed by atoms with Crippen LogP contribution in [0.2, 0.25) is 0 Å². The summed E-state index contributed by atoms with van der Waals surface area (Å²) in [5, 5.41) is 9.10. The first kappa shape index (κ1) is 24.7. The molecule has 1 fully saturated rings. The molecule has 2 aromatic heterocycles. The van der Waals surface area contributed by atoms with Crippen molar-refractivity contribution in [3.63, 3.8) is 0 Å². The highest BCUT2D eigenvalue weighted by Gasteiger charge is 2.27. The number of halogens is 1. The minimum atomic E-state index is -0.0487. The standard InChI is InChI=1S/C22H31N3O3S.HI/c1-2-27-21(26)17-7-9-18(10-8-17)25-22(23-13-11-19-5-3-15-28-19)24-14-12-20-6-4-16-29-20;/h3-6,15-18H,2,7-14H2,1H3,(H2,23,24,25);1H. The van der Waals surface area contributed by atoms with Gasteiger partial charge in [-0.15, -0.1) is 35.3 Å². The van der Waals surface area contributed by atoms with Crippen LogP contribution in [0.4, 0.5) is 0 Å². The van der Waals surface area contributed by atoms with Crippen molar-refractivity contribution in [3.05, 3.63) is 46.5 Å². The Kier molecular flexibility index (Phi) is 11.3. The number of ether oxygens (including phenoxy) is 1. The molecule has 0 bridgehead atoms. The van der Waals surface area contributed by atoms with E-state index in [0.717, 1.165) is 63.3 Å². The van der Waals surface area contributed by atoms with Crippen LogP contribution < -0.4 is 10.6 Å².